The topological polar surface area (TPSA) is 84.9 Å². The van der Waals surface area contributed by atoms with Gasteiger partial charge in [-0.1, -0.05) is 29.8 Å². The van der Waals surface area contributed by atoms with Crippen molar-refractivity contribution in [2.45, 2.75) is 17.7 Å². The van der Waals surface area contributed by atoms with Crippen LogP contribution in [0.15, 0.2) is 77.7 Å². The van der Waals surface area contributed by atoms with Gasteiger partial charge in [-0.2, -0.15) is 0 Å². The molecule has 0 atom stereocenters. The van der Waals surface area contributed by atoms with Gasteiger partial charge in [-0.05, 0) is 73.0 Å². The van der Waals surface area contributed by atoms with Gasteiger partial charge in [0, 0.05) is 11.6 Å². The number of benzene rings is 3. The van der Waals surface area contributed by atoms with Crippen molar-refractivity contribution in [2.24, 2.45) is 0 Å². The molecule has 180 valence electrons. The van der Waals surface area contributed by atoms with Crippen LogP contribution in [-0.4, -0.2) is 41.6 Å². The number of nitrogens with zero attached hydrogens (tertiary/aromatic N) is 1. The van der Waals surface area contributed by atoms with Gasteiger partial charge in [0.25, 0.3) is 10.0 Å². The molecule has 0 spiro atoms. The van der Waals surface area contributed by atoms with Crippen LogP contribution < -0.4 is 19.1 Å². The highest BCUT2D eigenvalue weighted by molar-refractivity contribution is 7.92. The highest BCUT2D eigenvalue weighted by Gasteiger charge is 2.27. The first kappa shape index (κ1) is 25.4. The number of rotatable bonds is 11. The van der Waals surface area contributed by atoms with E-state index in [-0.39, 0.29) is 11.4 Å². The van der Waals surface area contributed by atoms with Gasteiger partial charge in [0.15, 0.2) is 0 Å². The standard InChI is InChI=1S/C25H27ClN2O5S/c1-32-22-11-13-24(14-12-22)34(30,31)28(21-9-4-8-20(26)17-21)18-25(29)27-15-5-7-19-6-3-10-23(16-19)33-2/h3-4,6,8-14,16-17H,5,7,15,18H2,1-2H3,(H,27,29). The molecule has 0 saturated carbocycles. The molecule has 0 aromatic heterocycles. The minimum atomic E-state index is -4.03. The molecule has 0 aliphatic heterocycles. The van der Waals surface area contributed by atoms with Gasteiger partial charge in [-0.15, -0.1) is 0 Å². The molecule has 0 aliphatic rings. The molecule has 34 heavy (non-hydrogen) atoms. The number of carbonyl (C=O) groups excluding carboxylic acids is 1. The number of hydrogen-bond acceptors (Lipinski definition) is 5. The Balaban J connectivity index is 1.70. The molecule has 0 aliphatic carbocycles. The molecule has 3 aromatic carbocycles. The van der Waals surface area contributed by atoms with E-state index in [1.165, 1.54) is 25.3 Å². The van der Waals surface area contributed by atoms with Crippen LogP contribution in [0.4, 0.5) is 5.69 Å². The largest absolute Gasteiger partial charge is 0.497 e. The van der Waals surface area contributed by atoms with Crippen molar-refractivity contribution in [2.75, 3.05) is 31.6 Å². The number of halogens is 1. The van der Waals surface area contributed by atoms with E-state index in [2.05, 4.69) is 5.32 Å². The number of amides is 1. The fraction of sp³-hybridized carbons (Fsp3) is 0.240. The van der Waals surface area contributed by atoms with Gasteiger partial charge >= 0.3 is 0 Å². The fourth-order valence-corrected chi connectivity index (χ4v) is 4.95. The van der Waals surface area contributed by atoms with Crippen molar-refractivity contribution in [1.82, 2.24) is 5.32 Å². The van der Waals surface area contributed by atoms with Crippen molar-refractivity contribution >= 4 is 33.2 Å². The lowest BCUT2D eigenvalue weighted by atomic mass is 10.1. The monoisotopic (exact) mass is 502 g/mol. The van der Waals surface area contributed by atoms with E-state index in [1.807, 2.05) is 24.3 Å². The van der Waals surface area contributed by atoms with Crippen molar-refractivity contribution in [3.8, 4) is 11.5 Å². The molecule has 0 bridgehead atoms. The highest BCUT2D eigenvalue weighted by Crippen LogP contribution is 2.27. The molecular weight excluding hydrogens is 476 g/mol. The fourth-order valence-electron chi connectivity index (χ4n) is 3.36. The van der Waals surface area contributed by atoms with E-state index in [1.54, 1.807) is 37.4 Å². The predicted molar refractivity (Wildman–Crippen MR) is 133 cm³/mol. The average Bonchev–Trinajstić information content (AvgIpc) is 2.85. The van der Waals surface area contributed by atoms with Crippen molar-refractivity contribution in [1.29, 1.82) is 0 Å². The Morgan fingerprint density at radius 3 is 2.32 bits per heavy atom. The maximum absolute atomic E-state index is 13.4. The second-order valence-corrected chi connectivity index (χ2v) is 9.77. The quantitative estimate of drug-likeness (QED) is 0.395. The van der Waals surface area contributed by atoms with Crippen LogP contribution in [0.5, 0.6) is 11.5 Å². The molecule has 9 heteroatoms. The molecule has 1 amide bonds. The molecule has 0 unspecified atom stereocenters. The first-order valence-electron chi connectivity index (χ1n) is 10.7. The van der Waals surface area contributed by atoms with Gasteiger partial charge in [0.1, 0.15) is 18.0 Å². The molecule has 0 heterocycles. The third kappa shape index (κ3) is 6.65. The lowest BCUT2D eigenvalue weighted by molar-refractivity contribution is -0.119. The van der Waals surface area contributed by atoms with Gasteiger partial charge in [0.2, 0.25) is 5.91 Å². The third-order valence-corrected chi connectivity index (χ3v) is 7.15. The number of carbonyl (C=O) groups is 1. The van der Waals surface area contributed by atoms with Crippen molar-refractivity contribution in [3.05, 3.63) is 83.4 Å². The van der Waals surface area contributed by atoms with E-state index < -0.39 is 15.9 Å². The van der Waals surface area contributed by atoms with E-state index in [9.17, 15) is 13.2 Å². The van der Waals surface area contributed by atoms with E-state index in [0.29, 0.717) is 29.4 Å². The number of methoxy groups -OCH3 is 2. The maximum atomic E-state index is 13.4. The lowest BCUT2D eigenvalue weighted by Gasteiger charge is -2.24. The summed E-state index contributed by atoms with van der Waals surface area (Å²) < 4.78 is 38.2. The van der Waals surface area contributed by atoms with Crippen LogP contribution in [0.2, 0.25) is 5.02 Å². The Bertz CT molecular complexity index is 1220. The Labute approximate surface area is 205 Å². The minimum Gasteiger partial charge on any atom is -0.497 e. The van der Waals surface area contributed by atoms with Crippen LogP contribution in [-0.2, 0) is 21.2 Å². The normalized spacial score (nSPS) is 11.0. The minimum absolute atomic E-state index is 0.0408. The molecule has 0 fully saturated rings. The number of aryl methyl sites for hydroxylation is 1. The van der Waals surface area contributed by atoms with Crippen LogP contribution in [0.1, 0.15) is 12.0 Å². The Kier molecular flexibility index (Phi) is 8.79. The first-order chi connectivity index (χ1) is 16.3. The average molecular weight is 503 g/mol. The third-order valence-electron chi connectivity index (χ3n) is 5.13. The maximum Gasteiger partial charge on any atom is 0.264 e. The van der Waals surface area contributed by atoms with Crippen LogP contribution >= 0.6 is 11.6 Å². The second kappa shape index (κ2) is 11.8. The molecule has 3 aromatic rings. The summed E-state index contributed by atoms with van der Waals surface area (Å²) in [6, 6.07) is 20.1. The number of anilines is 1. The van der Waals surface area contributed by atoms with Gasteiger partial charge < -0.3 is 14.8 Å². The predicted octanol–water partition coefficient (Wildman–Crippen LogP) is 4.30. The zero-order chi connectivity index (χ0) is 24.6. The summed E-state index contributed by atoms with van der Waals surface area (Å²) in [6.07, 6.45) is 1.45. The summed E-state index contributed by atoms with van der Waals surface area (Å²) in [5, 5.41) is 3.18. The van der Waals surface area contributed by atoms with Crippen LogP contribution in [0, 0.1) is 0 Å². The first-order valence-corrected chi connectivity index (χ1v) is 12.5. The molecular formula is C25H27ClN2O5S. The molecule has 0 radical (unpaired) electrons. The smallest absolute Gasteiger partial charge is 0.264 e. The summed E-state index contributed by atoms with van der Waals surface area (Å²) in [6.45, 7) is 0.0237. The highest BCUT2D eigenvalue weighted by atomic mass is 35.5. The molecule has 7 nitrogen and oxygen atoms in total. The van der Waals surface area contributed by atoms with E-state index in [0.717, 1.165) is 22.0 Å². The number of hydrogen-bond donors (Lipinski definition) is 1. The number of sulfonamides is 1. The SMILES string of the molecule is COc1ccc(S(=O)(=O)N(CC(=O)NCCCc2cccc(OC)c2)c2cccc(Cl)c2)cc1. The summed E-state index contributed by atoms with van der Waals surface area (Å²) in [5.74, 6) is 0.896. The Morgan fingerprint density at radius 1 is 0.941 bits per heavy atom. The van der Waals surface area contributed by atoms with Crippen LogP contribution in [0.25, 0.3) is 0 Å². The summed E-state index contributed by atoms with van der Waals surface area (Å²) in [4.78, 5) is 12.8. The zero-order valence-corrected chi connectivity index (χ0v) is 20.6. The molecule has 3 rings (SSSR count). The van der Waals surface area contributed by atoms with Crippen LogP contribution in [0.3, 0.4) is 0 Å². The van der Waals surface area contributed by atoms with Gasteiger partial charge in [-0.25, -0.2) is 8.42 Å². The zero-order valence-electron chi connectivity index (χ0n) is 19.0. The van der Waals surface area contributed by atoms with E-state index >= 15 is 0 Å². The Morgan fingerprint density at radius 2 is 1.65 bits per heavy atom. The van der Waals surface area contributed by atoms with E-state index in [4.69, 9.17) is 21.1 Å². The summed E-state index contributed by atoms with van der Waals surface area (Å²) >= 11 is 6.10. The second-order valence-electron chi connectivity index (χ2n) is 7.47. The Hall–Kier alpha value is -3.23. The number of nitrogens with one attached hydrogen (secondary N) is 1. The molecule has 0 saturated heterocycles. The number of ether oxygens (including phenoxy) is 2. The van der Waals surface area contributed by atoms with Gasteiger partial charge in [0.05, 0.1) is 24.8 Å². The lowest BCUT2D eigenvalue weighted by Crippen LogP contribution is -2.41. The molecule has 1 N–H and O–H groups in total. The summed E-state index contributed by atoms with van der Waals surface area (Å²) in [7, 11) is -0.911. The van der Waals surface area contributed by atoms with Gasteiger partial charge in [-0.3, -0.25) is 9.10 Å². The van der Waals surface area contributed by atoms with Crippen molar-refractivity contribution < 1.29 is 22.7 Å². The van der Waals surface area contributed by atoms with Crippen molar-refractivity contribution in [3.63, 3.8) is 0 Å². The summed E-state index contributed by atoms with van der Waals surface area (Å²) in [5.41, 5.74) is 1.39.